The van der Waals surface area contributed by atoms with Crippen LogP contribution in [0.25, 0.3) is 0 Å². The highest BCUT2D eigenvalue weighted by molar-refractivity contribution is 5.30. The molecule has 0 heterocycles. The lowest BCUT2D eigenvalue weighted by atomic mass is 10.2. The zero-order chi connectivity index (χ0) is 9.14. The highest BCUT2D eigenvalue weighted by Crippen LogP contribution is 2.21. The van der Waals surface area contributed by atoms with E-state index in [2.05, 4.69) is 0 Å². The van der Waals surface area contributed by atoms with Gasteiger partial charge >= 0.3 is 0 Å². The smallest absolute Gasteiger partial charge is 0.200 e. The van der Waals surface area contributed by atoms with Gasteiger partial charge in [-0.1, -0.05) is 6.07 Å². The molecule has 0 unspecified atom stereocenters. The van der Waals surface area contributed by atoms with Crippen molar-refractivity contribution in [1.29, 1.82) is 0 Å². The molecule has 0 aliphatic heterocycles. The van der Waals surface area contributed by atoms with Crippen LogP contribution in [-0.2, 0) is 0 Å². The topological polar surface area (TPSA) is 9.23 Å². The Morgan fingerprint density at radius 2 is 1.92 bits per heavy atom. The van der Waals surface area contributed by atoms with Crippen molar-refractivity contribution in [3.63, 3.8) is 0 Å². The van der Waals surface area contributed by atoms with Gasteiger partial charge in [-0.25, -0.2) is 4.39 Å². The summed E-state index contributed by atoms with van der Waals surface area (Å²) in [4.78, 5) is 0. The highest BCUT2D eigenvalue weighted by Gasteiger charge is 2.10. The van der Waals surface area contributed by atoms with Gasteiger partial charge in [-0.3, -0.25) is 0 Å². The van der Waals surface area contributed by atoms with Gasteiger partial charge in [0.25, 0.3) is 0 Å². The Morgan fingerprint density at radius 3 is 2.50 bits per heavy atom. The molecule has 0 N–H and O–H groups in total. The Kier molecular flexibility index (Phi) is 2.63. The van der Waals surface area contributed by atoms with E-state index in [0.717, 1.165) is 0 Å². The van der Waals surface area contributed by atoms with Crippen LogP contribution in [-0.4, -0.2) is 6.61 Å². The number of halogens is 2. The SMILES string of the molecule is CCOc1ccc(C)c(F)c1F. The molecule has 0 saturated carbocycles. The summed E-state index contributed by atoms with van der Waals surface area (Å²) in [5.74, 6) is -1.77. The lowest BCUT2D eigenvalue weighted by molar-refractivity contribution is 0.313. The number of rotatable bonds is 2. The minimum absolute atomic E-state index is 0.0272. The zero-order valence-corrected chi connectivity index (χ0v) is 7.03. The summed E-state index contributed by atoms with van der Waals surface area (Å²) < 4.78 is 30.7. The van der Waals surface area contributed by atoms with E-state index in [9.17, 15) is 8.78 Å². The third-order valence-electron chi connectivity index (χ3n) is 1.54. The number of hydrogen-bond acceptors (Lipinski definition) is 1. The maximum atomic E-state index is 12.9. The van der Waals surface area contributed by atoms with Gasteiger partial charge in [-0.05, 0) is 25.5 Å². The predicted octanol–water partition coefficient (Wildman–Crippen LogP) is 2.67. The third-order valence-corrected chi connectivity index (χ3v) is 1.54. The summed E-state index contributed by atoms with van der Waals surface area (Å²) in [5, 5.41) is 0. The monoisotopic (exact) mass is 172 g/mol. The summed E-state index contributed by atoms with van der Waals surface area (Å²) in [6.45, 7) is 3.56. The Labute approximate surface area is 70.0 Å². The molecular formula is C9H10F2O. The number of benzene rings is 1. The lowest BCUT2D eigenvalue weighted by Crippen LogP contribution is -1.98. The van der Waals surface area contributed by atoms with Crippen molar-refractivity contribution in [1.82, 2.24) is 0 Å². The molecule has 0 fully saturated rings. The molecule has 0 aliphatic carbocycles. The first kappa shape index (κ1) is 8.97. The van der Waals surface area contributed by atoms with E-state index in [1.54, 1.807) is 6.92 Å². The van der Waals surface area contributed by atoms with Gasteiger partial charge < -0.3 is 4.74 Å². The molecule has 0 radical (unpaired) electrons. The number of ether oxygens (including phenoxy) is 1. The van der Waals surface area contributed by atoms with E-state index in [0.29, 0.717) is 6.61 Å². The summed E-state index contributed by atoms with van der Waals surface area (Å²) in [7, 11) is 0. The maximum Gasteiger partial charge on any atom is 0.200 e. The number of aryl methyl sites for hydroxylation is 1. The summed E-state index contributed by atoms with van der Waals surface area (Å²) in [6.07, 6.45) is 0. The van der Waals surface area contributed by atoms with Crippen molar-refractivity contribution in [2.75, 3.05) is 6.61 Å². The molecule has 0 bridgehead atoms. The largest absolute Gasteiger partial charge is 0.491 e. The molecule has 3 heteroatoms. The minimum Gasteiger partial charge on any atom is -0.491 e. The fraction of sp³-hybridized carbons (Fsp3) is 0.333. The molecule has 0 amide bonds. The van der Waals surface area contributed by atoms with E-state index >= 15 is 0 Å². The molecule has 0 atom stereocenters. The van der Waals surface area contributed by atoms with Gasteiger partial charge in [0.15, 0.2) is 11.6 Å². The Bertz CT molecular complexity index is 284. The van der Waals surface area contributed by atoms with Gasteiger partial charge in [0.05, 0.1) is 6.61 Å². The van der Waals surface area contributed by atoms with E-state index in [1.165, 1.54) is 19.1 Å². The van der Waals surface area contributed by atoms with Gasteiger partial charge in [0.1, 0.15) is 0 Å². The molecular weight excluding hydrogens is 162 g/mol. The van der Waals surface area contributed by atoms with Crippen molar-refractivity contribution in [2.24, 2.45) is 0 Å². The molecule has 0 aliphatic rings. The molecule has 1 aromatic rings. The van der Waals surface area contributed by atoms with Crippen LogP contribution in [0.5, 0.6) is 5.75 Å². The van der Waals surface area contributed by atoms with Crippen molar-refractivity contribution < 1.29 is 13.5 Å². The molecule has 1 rings (SSSR count). The van der Waals surface area contributed by atoms with Crippen LogP contribution in [0.2, 0.25) is 0 Å². The van der Waals surface area contributed by atoms with Crippen LogP contribution >= 0.6 is 0 Å². The standard InChI is InChI=1S/C9H10F2O/c1-3-12-7-5-4-6(2)8(10)9(7)11/h4-5H,3H2,1-2H3. The van der Waals surface area contributed by atoms with Gasteiger partial charge in [-0.2, -0.15) is 4.39 Å². The first-order chi connectivity index (χ1) is 5.66. The van der Waals surface area contributed by atoms with Crippen molar-refractivity contribution in [3.05, 3.63) is 29.3 Å². The quantitative estimate of drug-likeness (QED) is 0.666. The second-order valence-corrected chi connectivity index (χ2v) is 2.44. The highest BCUT2D eigenvalue weighted by atomic mass is 19.2. The average Bonchev–Trinajstić information content (AvgIpc) is 2.07. The summed E-state index contributed by atoms with van der Waals surface area (Å²) in [6, 6.07) is 2.92. The molecule has 12 heavy (non-hydrogen) atoms. The first-order valence-electron chi connectivity index (χ1n) is 3.74. The van der Waals surface area contributed by atoms with Crippen molar-refractivity contribution >= 4 is 0 Å². The van der Waals surface area contributed by atoms with E-state index in [4.69, 9.17) is 4.74 Å². The number of hydrogen-bond donors (Lipinski definition) is 0. The minimum atomic E-state index is -0.906. The van der Waals surface area contributed by atoms with Crippen molar-refractivity contribution in [3.8, 4) is 5.75 Å². The zero-order valence-electron chi connectivity index (χ0n) is 7.03. The second kappa shape index (κ2) is 3.52. The normalized spacial score (nSPS) is 10.0. The molecule has 1 nitrogen and oxygen atoms in total. The fourth-order valence-electron chi connectivity index (χ4n) is 0.895. The fourth-order valence-corrected chi connectivity index (χ4v) is 0.895. The van der Waals surface area contributed by atoms with E-state index < -0.39 is 11.6 Å². The van der Waals surface area contributed by atoms with Gasteiger partial charge in [0, 0.05) is 0 Å². The van der Waals surface area contributed by atoms with Crippen molar-refractivity contribution in [2.45, 2.75) is 13.8 Å². The molecule has 1 aromatic carbocycles. The molecule has 0 spiro atoms. The summed E-state index contributed by atoms with van der Waals surface area (Å²) in [5.41, 5.74) is 0.288. The van der Waals surface area contributed by atoms with Gasteiger partial charge in [-0.15, -0.1) is 0 Å². The van der Waals surface area contributed by atoms with E-state index in [1.807, 2.05) is 0 Å². The predicted molar refractivity (Wildman–Crippen MR) is 42.3 cm³/mol. The van der Waals surface area contributed by atoms with Crippen LogP contribution < -0.4 is 4.74 Å². The third kappa shape index (κ3) is 1.55. The maximum absolute atomic E-state index is 12.9. The lowest BCUT2D eigenvalue weighted by Gasteiger charge is -2.05. The van der Waals surface area contributed by atoms with E-state index in [-0.39, 0.29) is 11.3 Å². The second-order valence-electron chi connectivity index (χ2n) is 2.44. The Hall–Kier alpha value is -1.12. The molecule has 0 saturated heterocycles. The van der Waals surface area contributed by atoms with Crippen LogP contribution in [0.1, 0.15) is 12.5 Å². The van der Waals surface area contributed by atoms with Crippen LogP contribution in [0, 0.1) is 18.6 Å². The molecule has 0 aromatic heterocycles. The van der Waals surface area contributed by atoms with Gasteiger partial charge in [0.2, 0.25) is 5.82 Å². The molecule has 66 valence electrons. The summed E-state index contributed by atoms with van der Waals surface area (Å²) >= 11 is 0. The van der Waals surface area contributed by atoms with Crippen LogP contribution in [0.3, 0.4) is 0 Å². The Balaban J connectivity index is 3.08. The van der Waals surface area contributed by atoms with Crippen LogP contribution in [0.15, 0.2) is 12.1 Å². The average molecular weight is 172 g/mol. The van der Waals surface area contributed by atoms with Crippen LogP contribution in [0.4, 0.5) is 8.78 Å². The first-order valence-corrected chi connectivity index (χ1v) is 3.74. The Morgan fingerprint density at radius 1 is 1.25 bits per heavy atom.